The summed E-state index contributed by atoms with van der Waals surface area (Å²) < 4.78 is 0. The van der Waals surface area contributed by atoms with Crippen molar-refractivity contribution in [3.8, 4) is 0 Å². The molecule has 0 fully saturated rings. The molecule has 106 valence electrons. The Kier molecular flexibility index (Phi) is 7.71. The van der Waals surface area contributed by atoms with E-state index in [-0.39, 0.29) is 5.91 Å². The number of benzene rings is 1. The first kappa shape index (κ1) is 15.5. The van der Waals surface area contributed by atoms with Crippen molar-refractivity contribution in [1.82, 2.24) is 5.32 Å². The first-order valence-corrected chi connectivity index (χ1v) is 7.34. The lowest BCUT2D eigenvalue weighted by Gasteiger charge is -2.06. The minimum Gasteiger partial charge on any atom is -0.388 e. The van der Waals surface area contributed by atoms with Crippen LogP contribution >= 0.6 is 0 Å². The lowest BCUT2D eigenvalue weighted by atomic mass is 10.1. The topological polar surface area (TPSA) is 41.1 Å². The number of anilines is 1. The number of unbranched alkanes of at least 4 members (excludes halogenated alkanes) is 5. The minimum absolute atomic E-state index is 0.0243. The van der Waals surface area contributed by atoms with Gasteiger partial charge in [-0.05, 0) is 30.7 Å². The molecular weight excluding hydrogens is 236 g/mol. The first-order chi connectivity index (χ1) is 9.27. The van der Waals surface area contributed by atoms with E-state index in [0.29, 0.717) is 0 Å². The number of rotatable bonds is 9. The number of carbonyl (C=O) groups excluding carboxylic acids is 1. The molecule has 0 heterocycles. The molecule has 0 radical (unpaired) electrons. The molecule has 0 saturated heterocycles. The molecule has 1 rings (SSSR count). The van der Waals surface area contributed by atoms with E-state index in [9.17, 15) is 4.79 Å². The summed E-state index contributed by atoms with van der Waals surface area (Å²) in [6.07, 6.45) is 7.48. The molecular formula is C16H26N2O. The summed E-state index contributed by atoms with van der Waals surface area (Å²) in [6.45, 7) is 3.00. The van der Waals surface area contributed by atoms with Crippen LogP contribution in [0.4, 0.5) is 5.69 Å². The van der Waals surface area contributed by atoms with Crippen molar-refractivity contribution in [1.29, 1.82) is 0 Å². The van der Waals surface area contributed by atoms with Crippen molar-refractivity contribution < 1.29 is 4.79 Å². The fourth-order valence-corrected chi connectivity index (χ4v) is 2.00. The van der Waals surface area contributed by atoms with Crippen LogP contribution in [-0.2, 0) is 0 Å². The van der Waals surface area contributed by atoms with Crippen molar-refractivity contribution in [2.45, 2.75) is 45.4 Å². The van der Waals surface area contributed by atoms with Gasteiger partial charge in [-0.1, -0.05) is 39.0 Å². The summed E-state index contributed by atoms with van der Waals surface area (Å²) in [4.78, 5) is 11.8. The molecule has 0 unspecified atom stereocenters. The van der Waals surface area contributed by atoms with E-state index in [0.717, 1.165) is 24.2 Å². The third kappa shape index (κ3) is 6.27. The Morgan fingerprint density at radius 1 is 1.00 bits per heavy atom. The van der Waals surface area contributed by atoms with Crippen LogP contribution in [0.25, 0.3) is 0 Å². The fraction of sp³-hybridized carbons (Fsp3) is 0.562. The van der Waals surface area contributed by atoms with Gasteiger partial charge in [-0.2, -0.15) is 0 Å². The SMILES string of the molecule is CCCCCCCCNC(=O)c1ccc(NC)cc1. The van der Waals surface area contributed by atoms with Crippen LogP contribution < -0.4 is 10.6 Å². The quantitative estimate of drug-likeness (QED) is 0.664. The van der Waals surface area contributed by atoms with Gasteiger partial charge in [-0.3, -0.25) is 4.79 Å². The molecule has 1 aromatic rings. The highest BCUT2D eigenvalue weighted by Crippen LogP contribution is 2.08. The van der Waals surface area contributed by atoms with E-state index in [4.69, 9.17) is 0 Å². The highest BCUT2D eigenvalue weighted by molar-refractivity contribution is 5.94. The van der Waals surface area contributed by atoms with Gasteiger partial charge in [0, 0.05) is 24.8 Å². The molecule has 2 N–H and O–H groups in total. The Morgan fingerprint density at radius 2 is 1.63 bits per heavy atom. The highest BCUT2D eigenvalue weighted by Gasteiger charge is 2.03. The van der Waals surface area contributed by atoms with Gasteiger partial charge in [0.1, 0.15) is 0 Å². The third-order valence-corrected chi connectivity index (χ3v) is 3.25. The van der Waals surface area contributed by atoms with Crippen LogP contribution in [0, 0.1) is 0 Å². The van der Waals surface area contributed by atoms with Crippen LogP contribution in [0.1, 0.15) is 55.8 Å². The predicted octanol–water partition coefficient (Wildman–Crippen LogP) is 3.82. The number of hydrogen-bond donors (Lipinski definition) is 2. The van der Waals surface area contributed by atoms with Gasteiger partial charge in [0.15, 0.2) is 0 Å². The van der Waals surface area contributed by atoms with Crippen molar-refractivity contribution in [3.05, 3.63) is 29.8 Å². The van der Waals surface area contributed by atoms with E-state index in [1.54, 1.807) is 0 Å². The molecule has 1 aromatic carbocycles. The fourth-order valence-electron chi connectivity index (χ4n) is 2.00. The monoisotopic (exact) mass is 262 g/mol. The average molecular weight is 262 g/mol. The molecule has 0 atom stereocenters. The molecule has 0 aliphatic carbocycles. The van der Waals surface area contributed by atoms with Gasteiger partial charge in [0.05, 0.1) is 0 Å². The second-order valence-corrected chi connectivity index (χ2v) is 4.85. The molecule has 0 aliphatic heterocycles. The molecule has 1 amide bonds. The zero-order valence-corrected chi connectivity index (χ0v) is 12.2. The minimum atomic E-state index is 0.0243. The van der Waals surface area contributed by atoms with E-state index >= 15 is 0 Å². The maximum absolute atomic E-state index is 11.8. The van der Waals surface area contributed by atoms with Crippen molar-refractivity contribution in [2.75, 3.05) is 18.9 Å². The summed E-state index contributed by atoms with van der Waals surface area (Å²) in [5.41, 5.74) is 1.75. The average Bonchev–Trinajstić information content (AvgIpc) is 2.46. The molecule has 19 heavy (non-hydrogen) atoms. The zero-order valence-electron chi connectivity index (χ0n) is 12.2. The maximum atomic E-state index is 11.8. The van der Waals surface area contributed by atoms with Crippen molar-refractivity contribution >= 4 is 11.6 Å². The third-order valence-electron chi connectivity index (χ3n) is 3.25. The molecule has 3 nitrogen and oxygen atoms in total. The zero-order chi connectivity index (χ0) is 13.9. The largest absolute Gasteiger partial charge is 0.388 e. The number of hydrogen-bond acceptors (Lipinski definition) is 2. The van der Waals surface area contributed by atoms with Gasteiger partial charge >= 0.3 is 0 Å². The van der Waals surface area contributed by atoms with Gasteiger partial charge < -0.3 is 10.6 Å². The van der Waals surface area contributed by atoms with E-state index in [1.165, 1.54) is 32.1 Å². The van der Waals surface area contributed by atoms with Crippen LogP contribution in [0.15, 0.2) is 24.3 Å². The molecule has 0 saturated carbocycles. The van der Waals surface area contributed by atoms with Crippen LogP contribution in [0.2, 0.25) is 0 Å². The second kappa shape index (κ2) is 9.42. The lowest BCUT2D eigenvalue weighted by Crippen LogP contribution is -2.24. The Labute approximate surface area is 116 Å². The number of nitrogens with one attached hydrogen (secondary N) is 2. The van der Waals surface area contributed by atoms with Gasteiger partial charge in [0.25, 0.3) is 5.91 Å². The van der Waals surface area contributed by atoms with E-state index < -0.39 is 0 Å². The summed E-state index contributed by atoms with van der Waals surface area (Å²) >= 11 is 0. The first-order valence-electron chi connectivity index (χ1n) is 7.34. The summed E-state index contributed by atoms with van der Waals surface area (Å²) in [5.74, 6) is 0.0243. The Hall–Kier alpha value is -1.51. The van der Waals surface area contributed by atoms with Crippen LogP contribution in [-0.4, -0.2) is 19.5 Å². The Morgan fingerprint density at radius 3 is 2.26 bits per heavy atom. The Balaban J connectivity index is 2.16. The highest BCUT2D eigenvalue weighted by atomic mass is 16.1. The van der Waals surface area contributed by atoms with E-state index in [2.05, 4.69) is 17.6 Å². The molecule has 0 aliphatic rings. The molecule has 3 heteroatoms. The molecule has 0 aromatic heterocycles. The standard InChI is InChI=1S/C16H26N2O/c1-3-4-5-6-7-8-13-18-16(19)14-9-11-15(17-2)12-10-14/h9-12,17H,3-8,13H2,1-2H3,(H,18,19). The summed E-state index contributed by atoms with van der Waals surface area (Å²) in [7, 11) is 1.87. The van der Waals surface area contributed by atoms with Crippen LogP contribution in [0.3, 0.4) is 0 Å². The van der Waals surface area contributed by atoms with Crippen molar-refractivity contribution in [3.63, 3.8) is 0 Å². The van der Waals surface area contributed by atoms with Gasteiger partial charge in [-0.15, -0.1) is 0 Å². The smallest absolute Gasteiger partial charge is 0.251 e. The second-order valence-electron chi connectivity index (χ2n) is 4.85. The molecule has 0 bridgehead atoms. The normalized spacial score (nSPS) is 10.2. The lowest BCUT2D eigenvalue weighted by molar-refractivity contribution is 0.0953. The predicted molar refractivity (Wildman–Crippen MR) is 81.7 cm³/mol. The summed E-state index contributed by atoms with van der Waals surface area (Å²) in [5, 5.41) is 6.01. The Bertz CT molecular complexity index is 360. The number of amides is 1. The van der Waals surface area contributed by atoms with Gasteiger partial charge in [-0.25, -0.2) is 0 Å². The summed E-state index contributed by atoms with van der Waals surface area (Å²) in [6, 6.07) is 7.53. The molecule has 0 spiro atoms. The number of carbonyl (C=O) groups is 1. The van der Waals surface area contributed by atoms with Gasteiger partial charge in [0.2, 0.25) is 0 Å². The van der Waals surface area contributed by atoms with Crippen molar-refractivity contribution in [2.24, 2.45) is 0 Å². The van der Waals surface area contributed by atoms with E-state index in [1.807, 2.05) is 31.3 Å². The van der Waals surface area contributed by atoms with Crippen LogP contribution in [0.5, 0.6) is 0 Å². The maximum Gasteiger partial charge on any atom is 0.251 e.